The van der Waals surface area contributed by atoms with Gasteiger partial charge in [0.25, 0.3) is 5.91 Å². The van der Waals surface area contributed by atoms with Crippen molar-refractivity contribution >= 4 is 5.91 Å². The van der Waals surface area contributed by atoms with Crippen molar-refractivity contribution in [3.05, 3.63) is 71.6 Å². The molecule has 2 aromatic heterocycles. The summed E-state index contributed by atoms with van der Waals surface area (Å²) < 4.78 is 7.15. The predicted molar refractivity (Wildman–Crippen MR) is 82.5 cm³/mol. The number of aromatic nitrogens is 3. The molecule has 1 aromatic carbocycles. The van der Waals surface area contributed by atoms with Gasteiger partial charge in [-0.2, -0.15) is 0 Å². The Balaban J connectivity index is 1.73. The molecule has 4 rings (SSSR count). The van der Waals surface area contributed by atoms with Crippen molar-refractivity contribution < 1.29 is 9.32 Å². The van der Waals surface area contributed by atoms with E-state index >= 15 is 0 Å². The van der Waals surface area contributed by atoms with Crippen LogP contribution in [0, 0.1) is 6.92 Å². The van der Waals surface area contributed by atoms with Crippen LogP contribution in [0.15, 0.2) is 53.3 Å². The van der Waals surface area contributed by atoms with E-state index in [1.54, 1.807) is 19.2 Å². The number of imidazole rings is 1. The molecule has 6 heteroatoms. The van der Waals surface area contributed by atoms with Gasteiger partial charge in [-0.15, -0.1) is 0 Å². The lowest BCUT2D eigenvalue weighted by Gasteiger charge is -2.36. The monoisotopic (exact) mass is 308 g/mol. The van der Waals surface area contributed by atoms with Crippen LogP contribution in [0.2, 0.25) is 0 Å². The zero-order valence-electron chi connectivity index (χ0n) is 12.7. The van der Waals surface area contributed by atoms with Gasteiger partial charge < -0.3 is 14.0 Å². The lowest BCUT2D eigenvalue weighted by molar-refractivity contribution is 0.0574. The molecule has 1 atom stereocenters. The van der Waals surface area contributed by atoms with E-state index in [1.165, 1.54) is 0 Å². The Hall–Kier alpha value is -2.89. The van der Waals surface area contributed by atoms with E-state index in [9.17, 15) is 4.79 Å². The molecule has 23 heavy (non-hydrogen) atoms. The van der Waals surface area contributed by atoms with Gasteiger partial charge in [0.05, 0.1) is 12.6 Å². The highest BCUT2D eigenvalue weighted by Crippen LogP contribution is 2.30. The molecule has 0 N–H and O–H groups in total. The first-order valence-electron chi connectivity index (χ1n) is 7.51. The molecule has 116 valence electrons. The third-order valence-electron chi connectivity index (χ3n) is 4.15. The number of amides is 1. The molecule has 1 aliphatic heterocycles. The second-order valence-corrected chi connectivity index (χ2v) is 5.68. The van der Waals surface area contributed by atoms with Crippen LogP contribution in [-0.4, -0.2) is 25.5 Å². The van der Waals surface area contributed by atoms with E-state index in [-0.39, 0.29) is 11.9 Å². The number of benzene rings is 1. The van der Waals surface area contributed by atoms with E-state index < -0.39 is 0 Å². The smallest absolute Gasteiger partial charge is 0.277 e. The molecule has 0 bridgehead atoms. The zero-order chi connectivity index (χ0) is 15.8. The first kappa shape index (κ1) is 13.8. The summed E-state index contributed by atoms with van der Waals surface area (Å²) in [7, 11) is 0. The summed E-state index contributed by atoms with van der Waals surface area (Å²) in [4.78, 5) is 19.1. The third kappa shape index (κ3) is 2.42. The van der Waals surface area contributed by atoms with Crippen LogP contribution in [0.5, 0.6) is 0 Å². The third-order valence-corrected chi connectivity index (χ3v) is 4.15. The van der Waals surface area contributed by atoms with E-state index in [2.05, 4.69) is 14.7 Å². The minimum atomic E-state index is -0.134. The summed E-state index contributed by atoms with van der Waals surface area (Å²) in [5, 5.41) is 3.87. The minimum Gasteiger partial charge on any atom is -0.361 e. The average Bonchev–Trinajstić information content (AvgIpc) is 3.22. The number of aryl methyl sites for hydroxylation is 1. The molecule has 1 unspecified atom stereocenters. The molecular formula is C17H16N4O2. The first-order valence-corrected chi connectivity index (χ1v) is 7.51. The summed E-state index contributed by atoms with van der Waals surface area (Å²) in [5.74, 6) is 1.37. The highest BCUT2D eigenvalue weighted by molar-refractivity contribution is 5.92. The molecule has 0 fully saturated rings. The summed E-state index contributed by atoms with van der Waals surface area (Å²) in [6.07, 6.45) is 3.72. The summed E-state index contributed by atoms with van der Waals surface area (Å²) >= 11 is 0. The molecule has 0 saturated heterocycles. The van der Waals surface area contributed by atoms with Gasteiger partial charge >= 0.3 is 0 Å². The second kappa shape index (κ2) is 5.39. The molecule has 0 saturated carbocycles. The van der Waals surface area contributed by atoms with Gasteiger partial charge in [0, 0.05) is 25.0 Å². The Bertz CT molecular complexity index is 837. The Kier molecular flexibility index (Phi) is 3.22. The highest BCUT2D eigenvalue weighted by atomic mass is 16.5. The molecule has 1 amide bonds. The topological polar surface area (TPSA) is 64.2 Å². The van der Waals surface area contributed by atoms with Gasteiger partial charge in [-0.1, -0.05) is 35.5 Å². The molecular weight excluding hydrogens is 292 g/mol. The van der Waals surface area contributed by atoms with Crippen LogP contribution >= 0.6 is 0 Å². The van der Waals surface area contributed by atoms with Gasteiger partial charge in [0.1, 0.15) is 11.6 Å². The predicted octanol–water partition coefficient (Wildman–Crippen LogP) is 2.58. The van der Waals surface area contributed by atoms with Crippen molar-refractivity contribution in [1.82, 2.24) is 19.6 Å². The van der Waals surface area contributed by atoms with Crippen LogP contribution in [0.1, 0.15) is 33.7 Å². The summed E-state index contributed by atoms with van der Waals surface area (Å²) in [5.41, 5.74) is 1.43. The van der Waals surface area contributed by atoms with Crippen molar-refractivity contribution in [2.24, 2.45) is 0 Å². The lowest BCUT2D eigenvalue weighted by Crippen LogP contribution is -2.41. The fraction of sp³-hybridized carbons (Fsp3) is 0.235. The number of carbonyl (C=O) groups excluding carboxylic acids is 1. The maximum atomic E-state index is 12.9. The van der Waals surface area contributed by atoms with Crippen LogP contribution in [0.25, 0.3) is 0 Å². The van der Waals surface area contributed by atoms with Gasteiger partial charge in [-0.3, -0.25) is 4.79 Å². The normalized spacial score (nSPS) is 17.1. The van der Waals surface area contributed by atoms with Crippen LogP contribution in [0.3, 0.4) is 0 Å². The molecule has 0 aliphatic carbocycles. The largest absolute Gasteiger partial charge is 0.361 e. The Morgan fingerprint density at radius 1 is 1.30 bits per heavy atom. The van der Waals surface area contributed by atoms with Crippen molar-refractivity contribution in [3.63, 3.8) is 0 Å². The Labute approximate surface area is 133 Å². The standard InChI is InChI=1S/C17H16N4O2/c1-12-9-14(19-23-12)17(22)21-11-16-18-7-8-20(16)10-15(21)13-5-3-2-4-6-13/h2-9,15H,10-11H2,1H3. The SMILES string of the molecule is Cc1cc(C(=O)N2Cc3nccn3CC2c2ccccc2)no1. The molecule has 3 heterocycles. The number of hydrogen-bond donors (Lipinski definition) is 0. The van der Waals surface area contributed by atoms with Gasteiger partial charge in [0.15, 0.2) is 5.69 Å². The van der Waals surface area contributed by atoms with Crippen LogP contribution in [0.4, 0.5) is 0 Å². The number of carbonyl (C=O) groups is 1. The maximum Gasteiger partial charge on any atom is 0.277 e. The van der Waals surface area contributed by atoms with E-state index in [0.717, 1.165) is 11.4 Å². The average molecular weight is 308 g/mol. The molecule has 3 aromatic rings. The summed E-state index contributed by atoms with van der Waals surface area (Å²) in [6.45, 7) is 2.92. The van der Waals surface area contributed by atoms with Crippen LogP contribution < -0.4 is 0 Å². The van der Waals surface area contributed by atoms with E-state index in [0.29, 0.717) is 24.5 Å². The van der Waals surface area contributed by atoms with Crippen LogP contribution in [-0.2, 0) is 13.1 Å². The number of hydrogen-bond acceptors (Lipinski definition) is 4. The number of nitrogens with zero attached hydrogens (tertiary/aromatic N) is 4. The Morgan fingerprint density at radius 3 is 2.87 bits per heavy atom. The zero-order valence-corrected chi connectivity index (χ0v) is 12.7. The first-order chi connectivity index (χ1) is 11.2. The van der Waals surface area contributed by atoms with Crippen molar-refractivity contribution in [2.45, 2.75) is 26.1 Å². The number of fused-ring (bicyclic) bond motifs is 1. The van der Waals surface area contributed by atoms with Crippen molar-refractivity contribution in [2.75, 3.05) is 0 Å². The second-order valence-electron chi connectivity index (χ2n) is 5.68. The number of rotatable bonds is 2. The van der Waals surface area contributed by atoms with E-state index in [4.69, 9.17) is 4.52 Å². The molecule has 0 radical (unpaired) electrons. The van der Waals surface area contributed by atoms with E-state index in [1.807, 2.05) is 41.4 Å². The lowest BCUT2D eigenvalue weighted by atomic mass is 10.0. The van der Waals surface area contributed by atoms with Crippen molar-refractivity contribution in [1.29, 1.82) is 0 Å². The highest BCUT2D eigenvalue weighted by Gasteiger charge is 2.33. The van der Waals surface area contributed by atoms with Gasteiger partial charge in [0.2, 0.25) is 0 Å². The molecule has 6 nitrogen and oxygen atoms in total. The maximum absolute atomic E-state index is 12.9. The minimum absolute atomic E-state index is 0.0533. The quantitative estimate of drug-likeness (QED) is 0.730. The fourth-order valence-electron chi connectivity index (χ4n) is 2.99. The van der Waals surface area contributed by atoms with Gasteiger partial charge in [-0.05, 0) is 12.5 Å². The summed E-state index contributed by atoms with van der Waals surface area (Å²) in [6, 6.07) is 11.7. The van der Waals surface area contributed by atoms with Crippen molar-refractivity contribution in [3.8, 4) is 0 Å². The molecule has 0 spiro atoms. The molecule has 1 aliphatic rings. The van der Waals surface area contributed by atoms with Gasteiger partial charge in [-0.25, -0.2) is 4.98 Å². The Morgan fingerprint density at radius 2 is 2.13 bits per heavy atom. The fourth-order valence-corrected chi connectivity index (χ4v) is 2.99.